The number of nitrogens with zero attached hydrogens (tertiary/aromatic N) is 1. The molecule has 0 bridgehead atoms. The SMILES string of the molecule is COc1cncc(CCCCN)c1. The quantitative estimate of drug-likeness (QED) is 0.696. The van der Waals surface area contributed by atoms with Crippen LogP contribution < -0.4 is 10.5 Å². The second-order valence-corrected chi connectivity index (χ2v) is 2.98. The standard InChI is InChI=1S/C10H16N2O/c1-13-10-6-9(7-12-8-10)4-2-3-5-11/h6-8H,2-5,11H2,1H3. The van der Waals surface area contributed by atoms with Crippen molar-refractivity contribution >= 4 is 0 Å². The zero-order valence-corrected chi connectivity index (χ0v) is 7.99. The molecule has 2 N–H and O–H groups in total. The van der Waals surface area contributed by atoms with E-state index in [1.165, 1.54) is 5.56 Å². The van der Waals surface area contributed by atoms with Crippen LogP contribution in [0.5, 0.6) is 5.75 Å². The molecule has 0 atom stereocenters. The maximum atomic E-state index is 5.41. The summed E-state index contributed by atoms with van der Waals surface area (Å²) in [7, 11) is 1.65. The number of unbranched alkanes of at least 4 members (excludes halogenated alkanes) is 1. The van der Waals surface area contributed by atoms with Crippen molar-refractivity contribution in [3.8, 4) is 5.75 Å². The van der Waals surface area contributed by atoms with Crippen molar-refractivity contribution < 1.29 is 4.74 Å². The number of ether oxygens (including phenoxy) is 1. The Morgan fingerprint density at radius 1 is 1.38 bits per heavy atom. The maximum Gasteiger partial charge on any atom is 0.137 e. The minimum absolute atomic E-state index is 0.761. The van der Waals surface area contributed by atoms with Crippen LogP contribution in [-0.2, 0) is 6.42 Å². The summed E-state index contributed by atoms with van der Waals surface area (Å²) in [6.07, 6.45) is 6.80. The second kappa shape index (κ2) is 5.54. The monoisotopic (exact) mass is 180 g/mol. The van der Waals surface area contributed by atoms with Crippen LogP contribution in [0.25, 0.3) is 0 Å². The molecule has 0 radical (unpaired) electrons. The fourth-order valence-corrected chi connectivity index (χ4v) is 1.19. The highest BCUT2D eigenvalue weighted by molar-refractivity contribution is 5.23. The summed E-state index contributed by atoms with van der Waals surface area (Å²) in [4.78, 5) is 4.08. The first-order chi connectivity index (χ1) is 6.36. The van der Waals surface area contributed by atoms with E-state index in [0.29, 0.717) is 0 Å². The van der Waals surface area contributed by atoms with Crippen LogP contribution >= 0.6 is 0 Å². The van der Waals surface area contributed by atoms with E-state index in [9.17, 15) is 0 Å². The minimum Gasteiger partial charge on any atom is -0.495 e. The lowest BCUT2D eigenvalue weighted by Crippen LogP contribution is -1.99. The van der Waals surface area contributed by atoms with Crippen molar-refractivity contribution in [3.63, 3.8) is 0 Å². The highest BCUT2D eigenvalue weighted by Gasteiger charge is 1.96. The smallest absolute Gasteiger partial charge is 0.137 e. The number of rotatable bonds is 5. The van der Waals surface area contributed by atoms with Crippen molar-refractivity contribution in [2.24, 2.45) is 5.73 Å². The number of aryl methyl sites for hydroxylation is 1. The van der Waals surface area contributed by atoms with Gasteiger partial charge in [-0.25, -0.2) is 0 Å². The van der Waals surface area contributed by atoms with Crippen molar-refractivity contribution in [2.45, 2.75) is 19.3 Å². The van der Waals surface area contributed by atoms with Gasteiger partial charge in [0.25, 0.3) is 0 Å². The number of methoxy groups -OCH3 is 1. The van der Waals surface area contributed by atoms with Gasteiger partial charge in [-0.05, 0) is 37.4 Å². The Hall–Kier alpha value is -1.09. The second-order valence-electron chi connectivity index (χ2n) is 2.98. The zero-order valence-electron chi connectivity index (χ0n) is 7.99. The molecule has 3 heteroatoms. The lowest BCUT2D eigenvalue weighted by atomic mass is 10.1. The number of nitrogens with two attached hydrogens (primary N) is 1. The van der Waals surface area contributed by atoms with E-state index in [4.69, 9.17) is 10.5 Å². The third-order valence-electron chi connectivity index (χ3n) is 1.93. The van der Waals surface area contributed by atoms with Crippen molar-refractivity contribution in [2.75, 3.05) is 13.7 Å². The van der Waals surface area contributed by atoms with E-state index in [1.807, 2.05) is 12.3 Å². The molecule has 0 aliphatic rings. The normalized spacial score (nSPS) is 10.0. The molecule has 0 amide bonds. The molecule has 0 fully saturated rings. The van der Waals surface area contributed by atoms with Gasteiger partial charge in [0.05, 0.1) is 13.3 Å². The van der Waals surface area contributed by atoms with E-state index < -0.39 is 0 Å². The highest BCUT2D eigenvalue weighted by Crippen LogP contribution is 2.12. The van der Waals surface area contributed by atoms with E-state index in [1.54, 1.807) is 13.3 Å². The molecule has 13 heavy (non-hydrogen) atoms. The average Bonchev–Trinajstić information content (AvgIpc) is 2.19. The van der Waals surface area contributed by atoms with Gasteiger partial charge in [0.15, 0.2) is 0 Å². The molecule has 1 rings (SSSR count). The molecule has 0 saturated heterocycles. The Morgan fingerprint density at radius 2 is 2.23 bits per heavy atom. The van der Waals surface area contributed by atoms with E-state index in [0.717, 1.165) is 31.6 Å². The van der Waals surface area contributed by atoms with Crippen LogP contribution in [0.4, 0.5) is 0 Å². The third-order valence-corrected chi connectivity index (χ3v) is 1.93. The summed E-state index contributed by atoms with van der Waals surface area (Å²) in [5, 5.41) is 0. The Labute approximate surface area is 78.9 Å². The van der Waals surface area contributed by atoms with Gasteiger partial charge in [-0.1, -0.05) is 0 Å². The molecule has 1 aromatic heterocycles. The van der Waals surface area contributed by atoms with E-state index in [-0.39, 0.29) is 0 Å². The average molecular weight is 180 g/mol. The van der Waals surface area contributed by atoms with Gasteiger partial charge < -0.3 is 10.5 Å². The van der Waals surface area contributed by atoms with Gasteiger partial charge in [0.1, 0.15) is 5.75 Å². The number of aromatic nitrogens is 1. The summed E-state index contributed by atoms with van der Waals surface area (Å²) < 4.78 is 5.07. The first-order valence-electron chi connectivity index (χ1n) is 4.55. The third kappa shape index (κ3) is 3.42. The summed E-state index contributed by atoms with van der Waals surface area (Å²) >= 11 is 0. The van der Waals surface area contributed by atoms with Crippen LogP contribution in [0.1, 0.15) is 18.4 Å². The van der Waals surface area contributed by atoms with Gasteiger partial charge in [0, 0.05) is 6.20 Å². The molecule has 3 nitrogen and oxygen atoms in total. The molecule has 0 spiro atoms. The Morgan fingerprint density at radius 3 is 2.92 bits per heavy atom. The fraction of sp³-hybridized carbons (Fsp3) is 0.500. The summed E-state index contributed by atoms with van der Waals surface area (Å²) in [5.41, 5.74) is 6.62. The van der Waals surface area contributed by atoms with Gasteiger partial charge in [-0.3, -0.25) is 4.98 Å². The Kier molecular flexibility index (Phi) is 4.26. The van der Waals surface area contributed by atoms with Crippen molar-refractivity contribution in [1.29, 1.82) is 0 Å². The summed E-state index contributed by atoms with van der Waals surface area (Å²) in [6, 6.07) is 2.02. The minimum atomic E-state index is 0.761. The maximum absolute atomic E-state index is 5.41. The molecule has 72 valence electrons. The molecule has 1 heterocycles. The lowest BCUT2D eigenvalue weighted by molar-refractivity contribution is 0.412. The van der Waals surface area contributed by atoms with Gasteiger partial charge in [-0.2, -0.15) is 0 Å². The molecule has 0 aliphatic heterocycles. The first-order valence-corrected chi connectivity index (χ1v) is 4.55. The van der Waals surface area contributed by atoms with Crippen LogP contribution in [0.2, 0.25) is 0 Å². The van der Waals surface area contributed by atoms with Crippen molar-refractivity contribution in [1.82, 2.24) is 4.98 Å². The molecule has 0 saturated carbocycles. The summed E-state index contributed by atoms with van der Waals surface area (Å²) in [6.45, 7) is 0.761. The van der Waals surface area contributed by atoms with Crippen LogP contribution in [0, 0.1) is 0 Å². The molecule has 1 aromatic rings. The highest BCUT2D eigenvalue weighted by atomic mass is 16.5. The van der Waals surface area contributed by atoms with Gasteiger partial charge in [0.2, 0.25) is 0 Å². The first kappa shape index (κ1) is 9.99. The predicted molar refractivity (Wildman–Crippen MR) is 52.8 cm³/mol. The zero-order chi connectivity index (χ0) is 9.52. The molecule has 0 aliphatic carbocycles. The fourth-order valence-electron chi connectivity index (χ4n) is 1.19. The molecular weight excluding hydrogens is 164 g/mol. The van der Waals surface area contributed by atoms with Crippen LogP contribution in [0.15, 0.2) is 18.5 Å². The number of pyridine rings is 1. The van der Waals surface area contributed by atoms with Crippen LogP contribution in [0.3, 0.4) is 0 Å². The molecule has 0 unspecified atom stereocenters. The summed E-state index contributed by atoms with van der Waals surface area (Å²) in [5.74, 6) is 0.824. The topological polar surface area (TPSA) is 48.1 Å². The van der Waals surface area contributed by atoms with Gasteiger partial charge >= 0.3 is 0 Å². The Bertz CT molecular complexity index is 250. The van der Waals surface area contributed by atoms with Crippen molar-refractivity contribution in [3.05, 3.63) is 24.0 Å². The van der Waals surface area contributed by atoms with E-state index >= 15 is 0 Å². The number of hydrogen-bond donors (Lipinski definition) is 1. The number of hydrogen-bond acceptors (Lipinski definition) is 3. The Balaban J connectivity index is 2.46. The molecule has 0 aromatic carbocycles. The van der Waals surface area contributed by atoms with E-state index in [2.05, 4.69) is 4.98 Å². The van der Waals surface area contributed by atoms with Gasteiger partial charge in [-0.15, -0.1) is 0 Å². The lowest BCUT2D eigenvalue weighted by Gasteiger charge is -2.02. The van der Waals surface area contributed by atoms with Crippen LogP contribution in [-0.4, -0.2) is 18.6 Å². The largest absolute Gasteiger partial charge is 0.495 e. The molecular formula is C10H16N2O. The predicted octanol–water partition coefficient (Wildman–Crippen LogP) is 1.37.